The summed E-state index contributed by atoms with van der Waals surface area (Å²) in [4.78, 5) is 13.6. The molecular formula is C15H14N3OS. The average molecular weight is 284 g/mol. The predicted molar refractivity (Wildman–Crippen MR) is 78.4 cm³/mol. The Balaban J connectivity index is 2.15. The van der Waals surface area contributed by atoms with Gasteiger partial charge in [-0.3, -0.25) is 9.97 Å². The summed E-state index contributed by atoms with van der Waals surface area (Å²) in [5.41, 5.74) is 4.70. The van der Waals surface area contributed by atoms with Crippen molar-refractivity contribution in [3.8, 4) is 21.8 Å². The second-order valence-corrected chi connectivity index (χ2v) is 5.51. The normalized spacial score (nSPS) is 12.5. The molecule has 0 aliphatic heterocycles. The van der Waals surface area contributed by atoms with Crippen LogP contribution in [0.15, 0.2) is 34.8 Å². The number of pyridine rings is 1. The van der Waals surface area contributed by atoms with Crippen molar-refractivity contribution < 1.29 is 4.42 Å². The van der Waals surface area contributed by atoms with Crippen LogP contribution in [0.25, 0.3) is 21.8 Å². The molecule has 3 aromatic rings. The molecule has 0 amide bonds. The molecule has 20 heavy (non-hydrogen) atoms. The van der Waals surface area contributed by atoms with Gasteiger partial charge in [-0.2, -0.15) is 0 Å². The van der Waals surface area contributed by atoms with Gasteiger partial charge in [0.25, 0.3) is 0 Å². The van der Waals surface area contributed by atoms with Crippen molar-refractivity contribution in [2.24, 2.45) is 0 Å². The topological polar surface area (TPSA) is 51.8 Å². The van der Waals surface area contributed by atoms with Crippen LogP contribution in [-0.4, -0.2) is 15.0 Å². The minimum atomic E-state index is 0.392. The van der Waals surface area contributed by atoms with Crippen molar-refractivity contribution in [3.63, 3.8) is 0 Å². The average Bonchev–Trinajstić information content (AvgIpc) is 3.18. The number of rotatable bonds is 4. The highest BCUT2D eigenvalue weighted by Crippen LogP contribution is 2.34. The van der Waals surface area contributed by atoms with Crippen LogP contribution in [0.4, 0.5) is 0 Å². The van der Waals surface area contributed by atoms with E-state index in [0.29, 0.717) is 5.92 Å². The van der Waals surface area contributed by atoms with E-state index in [2.05, 4.69) is 41.1 Å². The molecule has 1 radical (unpaired) electrons. The van der Waals surface area contributed by atoms with Crippen LogP contribution in [0.5, 0.6) is 0 Å². The summed E-state index contributed by atoms with van der Waals surface area (Å²) in [5, 5.41) is 0. The van der Waals surface area contributed by atoms with Gasteiger partial charge in [0.15, 0.2) is 12.2 Å². The van der Waals surface area contributed by atoms with Crippen molar-refractivity contribution in [1.29, 1.82) is 0 Å². The molecule has 0 saturated carbocycles. The number of hydrogen-bond acceptors (Lipinski definition) is 5. The first-order chi connectivity index (χ1) is 9.79. The summed E-state index contributed by atoms with van der Waals surface area (Å²) < 4.78 is 5.45. The molecule has 1 atom stereocenters. The van der Waals surface area contributed by atoms with Gasteiger partial charge in [0.05, 0.1) is 22.8 Å². The predicted octanol–water partition coefficient (Wildman–Crippen LogP) is 4.17. The molecule has 0 N–H and O–H groups in total. The molecule has 3 rings (SSSR count). The Hall–Kier alpha value is -2.01. The number of oxazole rings is 1. The van der Waals surface area contributed by atoms with E-state index in [4.69, 9.17) is 4.42 Å². The molecule has 4 nitrogen and oxygen atoms in total. The minimum absolute atomic E-state index is 0.392. The van der Waals surface area contributed by atoms with Crippen LogP contribution in [0.3, 0.4) is 0 Å². The molecule has 0 fully saturated rings. The highest BCUT2D eigenvalue weighted by molar-refractivity contribution is 7.13. The molecule has 0 saturated heterocycles. The summed E-state index contributed by atoms with van der Waals surface area (Å²) in [7, 11) is 0. The SMILES string of the molecule is CCC(C)c1cc(-c2cnco2)c(-c2cncs2)[c]n1. The molecule has 1 unspecified atom stereocenters. The first kappa shape index (κ1) is 13.0. The second-order valence-electron chi connectivity index (χ2n) is 4.62. The number of nitrogens with zero attached hydrogens (tertiary/aromatic N) is 3. The maximum Gasteiger partial charge on any atom is 0.181 e. The lowest BCUT2D eigenvalue weighted by molar-refractivity contribution is 0.571. The molecule has 101 valence electrons. The fraction of sp³-hybridized carbons (Fsp3) is 0.267. The molecule has 3 heterocycles. The maximum atomic E-state index is 5.45. The summed E-state index contributed by atoms with van der Waals surface area (Å²) in [5.74, 6) is 1.13. The lowest BCUT2D eigenvalue weighted by atomic mass is 9.99. The smallest absolute Gasteiger partial charge is 0.181 e. The van der Waals surface area contributed by atoms with Crippen LogP contribution < -0.4 is 0 Å². The fourth-order valence-electron chi connectivity index (χ4n) is 1.96. The van der Waals surface area contributed by atoms with E-state index in [1.54, 1.807) is 23.0 Å². The zero-order chi connectivity index (χ0) is 13.9. The summed E-state index contributed by atoms with van der Waals surface area (Å²) in [6.07, 6.45) is 9.16. The van der Waals surface area contributed by atoms with Gasteiger partial charge in [0.1, 0.15) is 0 Å². The zero-order valence-corrected chi connectivity index (χ0v) is 12.1. The monoisotopic (exact) mass is 284 g/mol. The molecule has 0 aliphatic rings. The first-order valence-electron chi connectivity index (χ1n) is 6.50. The van der Waals surface area contributed by atoms with E-state index in [9.17, 15) is 0 Å². The molecule has 0 aliphatic carbocycles. The Morgan fingerprint density at radius 3 is 2.90 bits per heavy atom. The van der Waals surface area contributed by atoms with Gasteiger partial charge in [-0.05, 0) is 18.4 Å². The van der Waals surface area contributed by atoms with Crippen molar-refractivity contribution in [2.45, 2.75) is 26.2 Å². The lowest BCUT2D eigenvalue weighted by Crippen LogP contribution is -1.97. The second kappa shape index (κ2) is 5.54. The molecule has 5 heteroatoms. The van der Waals surface area contributed by atoms with Crippen molar-refractivity contribution >= 4 is 11.3 Å². The molecule has 0 spiro atoms. The van der Waals surface area contributed by atoms with Gasteiger partial charge < -0.3 is 4.42 Å². The summed E-state index contributed by atoms with van der Waals surface area (Å²) in [6.45, 7) is 4.31. The van der Waals surface area contributed by atoms with Gasteiger partial charge >= 0.3 is 0 Å². The molecule has 3 aromatic heterocycles. The van der Waals surface area contributed by atoms with Crippen LogP contribution in [-0.2, 0) is 0 Å². The Kier molecular flexibility index (Phi) is 3.60. The van der Waals surface area contributed by atoms with Crippen molar-refractivity contribution in [2.75, 3.05) is 0 Å². The van der Waals surface area contributed by atoms with E-state index in [1.807, 2.05) is 6.20 Å². The Morgan fingerprint density at radius 1 is 1.35 bits per heavy atom. The fourth-order valence-corrected chi connectivity index (χ4v) is 2.60. The third-order valence-electron chi connectivity index (χ3n) is 3.35. The standard InChI is InChI=1S/C15H14N3OS/c1-3-10(2)13-4-11(14-6-16-8-19-14)12(5-18-13)15-7-17-9-20-15/h4,6-10H,3H2,1-2H3. The minimum Gasteiger partial charge on any atom is -0.443 e. The zero-order valence-electron chi connectivity index (χ0n) is 11.3. The molecule has 0 bridgehead atoms. The highest BCUT2D eigenvalue weighted by Gasteiger charge is 2.16. The van der Waals surface area contributed by atoms with Crippen LogP contribution in [0, 0.1) is 6.20 Å². The summed E-state index contributed by atoms with van der Waals surface area (Å²) >= 11 is 1.56. The van der Waals surface area contributed by atoms with Gasteiger partial charge in [-0.25, -0.2) is 4.98 Å². The van der Waals surface area contributed by atoms with E-state index in [0.717, 1.165) is 33.9 Å². The van der Waals surface area contributed by atoms with E-state index >= 15 is 0 Å². The summed E-state index contributed by atoms with van der Waals surface area (Å²) in [6, 6.07) is 2.07. The number of hydrogen-bond donors (Lipinski definition) is 0. The number of thiazole rings is 1. The first-order valence-corrected chi connectivity index (χ1v) is 7.38. The van der Waals surface area contributed by atoms with E-state index < -0.39 is 0 Å². The van der Waals surface area contributed by atoms with Crippen LogP contribution >= 0.6 is 11.3 Å². The maximum absolute atomic E-state index is 5.45. The van der Waals surface area contributed by atoms with Gasteiger partial charge in [-0.15, -0.1) is 11.3 Å². The van der Waals surface area contributed by atoms with Crippen LogP contribution in [0.2, 0.25) is 0 Å². The lowest BCUT2D eigenvalue weighted by Gasteiger charge is -2.11. The van der Waals surface area contributed by atoms with Crippen molar-refractivity contribution in [1.82, 2.24) is 15.0 Å². The molecule has 0 aromatic carbocycles. The quantitative estimate of drug-likeness (QED) is 0.721. The Labute approximate surface area is 121 Å². The molecular weight excluding hydrogens is 270 g/mol. The Bertz CT molecular complexity index is 677. The largest absolute Gasteiger partial charge is 0.443 e. The third-order valence-corrected chi connectivity index (χ3v) is 4.14. The van der Waals surface area contributed by atoms with Gasteiger partial charge in [0.2, 0.25) is 0 Å². The van der Waals surface area contributed by atoms with Gasteiger partial charge in [-0.1, -0.05) is 13.8 Å². The van der Waals surface area contributed by atoms with Crippen LogP contribution in [0.1, 0.15) is 31.9 Å². The van der Waals surface area contributed by atoms with E-state index in [1.165, 1.54) is 6.39 Å². The van der Waals surface area contributed by atoms with Crippen molar-refractivity contribution in [3.05, 3.63) is 42.3 Å². The number of aromatic nitrogens is 3. The highest BCUT2D eigenvalue weighted by atomic mass is 32.1. The van der Waals surface area contributed by atoms with Gasteiger partial charge in [0, 0.05) is 23.0 Å². The Morgan fingerprint density at radius 2 is 2.25 bits per heavy atom. The third kappa shape index (κ3) is 2.36. The van der Waals surface area contributed by atoms with E-state index in [-0.39, 0.29) is 0 Å².